The van der Waals surface area contributed by atoms with Crippen LogP contribution in [-0.2, 0) is 4.79 Å². The van der Waals surface area contributed by atoms with E-state index in [2.05, 4.69) is 36.2 Å². The Kier molecular flexibility index (Phi) is 2.32. The van der Waals surface area contributed by atoms with Gasteiger partial charge in [0.05, 0.1) is 5.25 Å². The minimum atomic E-state index is -0.339. The largest absolute Gasteiger partial charge is 0.236 e. The van der Waals surface area contributed by atoms with Crippen LogP contribution in [-0.4, -0.2) is 16.2 Å². The van der Waals surface area contributed by atoms with Gasteiger partial charge in [-0.25, -0.2) is 4.79 Å². The Balaban J connectivity index is 1.96. The van der Waals surface area contributed by atoms with E-state index in [4.69, 9.17) is 0 Å². The molecule has 1 aromatic rings. The van der Waals surface area contributed by atoms with Gasteiger partial charge in [-0.3, -0.25) is 0 Å². The van der Waals surface area contributed by atoms with Gasteiger partial charge in [-0.05, 0) is 29.7 Å². The number of hydrogen-bond donors (Lipinski definition) is 0. The smallest absolute Gasteiger partial charge is 0.211 e. The lowest BCUT2D eigenvalue weighted by Crippen LogP contribution is -2.09. The van der Waals surface area contributed by atoms with Gasteiger partial charge in [0.1, 0.15) is 0 Å². The Hall–Kier alpha value is -1.57. The summed E-state index contributed by atoms with van der Waals surface area (Å²) in [4.78, 5) is 13.9. The van der Waals surface area contributed by atoms with Crippen LogP contribution in [0.4, 0.5) is 0 Å². The van der Waals surface area contributed by atoms with Gasteiger partial charge < -0.3 is 0 Å². The monoisotopic (exact) mass is 241 g/mol. The molecule has 1 fully saturated rings. The SMILES string of the molecule is Cc1ccccc1C1=CC2SC2(N=C=O)C=C1. The zero-order valence-electron chi connectivity index (χ0n) is 9.38. The zero-order chi connectivity index (χ0) is 11.9. The van der Waals surface area contributed by atoms with Crippen molar-refractivity contribution in [3.05, 3.63) is 53.6 Å². The number of aliphatic imine (C=N–C) groups is 1. The molecule has 0 spiro atoms. The number of isocyanates is 1. The summed E-state index contributed by atoms with van der Waals surface area (Å²) in [6, 6.07) is 8.31. The number of rotatable bonds is 2. The predicted octanol–water partition coefficient (Wildman–Crippen LogP) is 3.10. The first-order valence-corrected chi connectivity index (χ1v) is 6.37. The summed E-state index contributed by atoms with van der Waals surface area (Å²) in [5, 5.41) is 0.295. The van der Waals surface area contributed by atoms with Crippen LogP contribution in [0, 0.1) is 6.92 Å². The molecule has 1 saturated heterocycles. The maximum atomic E-state index is 10.4. The van der Waals surface area contributed by atoms with Crippen LogP contribution in [0.3, 0.4) is 0 Å². The van der Waals surface area contributed by atoms with E-state index in [-0.39, 0.29) is 4.87 Å². The van der Waals surface area contributed by atoms with Crippen LogP contribution >= 0.6 is 11.8 Å². The van der Waals surface area contributed by atoms with Crippen LogP contribution in [0.1, 0.15) is 11.1 Å². The number of benzene rings is 1. The van der Waals surface area contributed by atoms with Gasteiger partial charge >= 0.3 is 0 Å². The van der Waals surface area contributed by atoms with Gasteiger partial charge in [-0.2, -0.15) is 4.99 Å². The minimum Gasteiger partial charge on any atom is -0.211 e. The van der Waals surface area contributed by atoms with Gasteiger partial charge in [0, 0.05) is 0 Å². The molecule has 0 N–H and O–H groups in total. The number of hydrogen-bond acceptors (Lipinski definition) is 3. The van der Waals surface area contributed by atoms with Crippen molar-refractivity contribution in [2.75, 3.05) is 0 Å². The summed E-state index contributed by atoms with van der Waals surface area (Å²) < 4.78 is 0. The predicted molar refractivity (Wildman–Crippen MR) is 70.5 cm³/mol. The fourth-order valence-electron chi connectivity index (χ4n) is 2.16. The summed E-state index contributed by atoms with van der Waals surface area (Å²) in [7, 11) is 0. The van der Waals surface area contributed by atoms with Crippen LogP contribution in [0.2, 0.25) is 0 Å². The summed E-state index contributed by atoms with van der Waals surface area (Å²) in [6.45, 7) is 2.11. The highest BCUT2D eigenvalue weighted by molar-refractivity contribution is 8.09. The van der Waals surface area contributed by atoms with Crippen LogP contribution < -0.4 is 0 Å². The molecule has 1 aromatic carbocycles. The van der Waals surface area contributed by atoms with E-state index < -0.39 is 0 Å². The van der Waals surface area contributed by atoms with Crippen molar-refractivity contribution in [2.45, 2.75) is 17.0 Å². The Morgan fingerprint density at radius 1 is 1.41 bits per heavy atom. The van der Waals surface area contributed by atoms with E-state index in [9.17, 15) is 4.79 Å². The minimum absolute atomic E-state index is 0.295. The topological polar surface area (TPSA) is 29.4 Å². The summed E-state index contributed by atoms with van der Waals surface area (Å²) in [6.07, 6.45) is 7.91. The second kappa shape index (κ2) is 3.73. The molecular formula is C14H11NOS. The van der Waals surface area contributed by atoms with Gasteiger partial charge in [0.2, 0.25) is 6.08 Å². The average molecular weight is 241 g/mol. The molecule has 2 unspecified atom stereocenters. The van der Waals surface area contributed by atoms with Gasteiger partial charge in [0.25, 0.3) is 0 Å². The number of fused-ring (bicyclic) bond motifs is 1. The van der Waals surface area contributed by atoms with Crippen molar-refractivity contribution >= 4 is 23.4 Å². The molecule has 1 heterocycles. The third kappa shape index (κ3) is 1.68. The lowest BCUT2D eigenvalue weighted by atomic mass is 9.94. The molecule has 1 aliphatic heterocycles. The van der Waals surface area contributed by atoms with E-state index in [0.29, 0.717) is 5.25 Å². The summed E-state index contributed by atoms with van der Waals surface area (Å²) >= 11 is 1.68. The summed E-state index contributed by atoms with van der Waals surface area (Å²) in [5.74, 6) is 0. The average Bonchev–Trinajstić information content (AvgIpc) is 3.03. The van der Waals surface area contributed by atoms with Crippen LogP contribution in [0.15, 0.2) is 47.5 Å². The standard InChI is InChI=1S/C14H11NOS/c1-10-4-2-3-5-12(10)11-6-7-14(15-9-16)13(8-11)17-14/h2-8,13H,1H3. The lowest BCUT2D eigenvalue weighted by molar-refractivity contribution is 0.561. The van der Waals surface area contributed by atoms with E-state index in [1.165, 1.54) is 16.7 Å². The molecule has 0 radical (unpaired) electrons. The Labute approximate surface area is 104 Å². The van der Waals surface area contributed by atoms with Crippen molar-refractivity contribution in [1.82, 2.24) is 0 Å². The van der Waals surface area contributed by atoms with Crippen molar-refractivity contribution < 1.29 is 4.79 Å². The highest BCUT2D eigenvalue weighted by atomic mass is 32.2. The molecule has 84 valence electrons. The highest BCUT2D eigenvalue weighted by Crippen LogP contribution is 2.59. The number of allylic oxidation sites excluding steroid dienone is 2. The second-order valence-electron chi connectivity index (χ2n) is 4.26. The van der Waals surface area contributed by atoms with Gasteiger partial charge in [0.15, 0.2) is 4.87 Å². The van der Waals surface area contributed by atoms with E-state index in [1.807, 2.05) is 18.2 Å². The van der Waals surface area contributed by atoms with Crippen LogP contribution in [0.25, 0.3) is 5.57 Å². The van der Waals surface area contributed by atoms with Gasteiger partial charge in [-0.1, -0.05) is 36.4 Å². The molecule has 2 nitrogen and oxygen atoms in total. The number of aryl methyl sites for hydroxylation is 1. The lowest BCUT2D eigenvalue weighted by Gasteiger charge is -2.11. The molecular weight excluding hydrogens is 230 g/mol. The second-order valence-corrected chi connectivity index (χ2v) is 5.66. The van der Waals surface area contributed by atoms with Crippen molar-refractivity contribution in [3.8, 4) is 0 Å². The molecule has 2 atom stereocenters. The molecule has 0 amide bonds. The fraction of sp³-hybridized carbons (Fsp3) is 0.214. The molecule has 17 heavy (non-hydrogen) atoms. The highest BCUT2D eigenvalue weighted by Gasteiger charge is 2.54. The van der Waals surface area contributed by atoms with Crippen molar-refractivity contribution in [1.29, 1.82) is 0 Å². The first-order chi connectivity index (χ1) is 8.25. The first-order valence-electron chi connectivity index (χ1n) is 5.49. The van der Waals surface area contributed by atoms with Crippen LogP contribution in [0.5, 0.6) is 0 Å². The molecule has 3 heteroatoms. The van der Waals surface area contributed by atoms with Crippen molar-refractivity contribution in [3.63, 3.8) is 0 Å². The molecule has 0 bridgehead atoms. The van der Waals surface area contributed by atoms with Gasteiger partial charge in [-0.15, -0.1) is 11.8 Å². The Bertz CT molecular complexity index is 584. The number of nitrogens with zero attached hydrogens (tertiary/aromatic N) is 1. The molecule has 0 saturated carbocycles. The number of thioether (sulfide) groups is 1. The fourth-order valence-corrected chi connectivity index (χ4v) is 3.15. The zero-order valence-corrected chi connectivity index (χ0v) is 10.2. The Morgan fingerprint density at radius 2 is 2.24 bits per heavy atom. The maximum Gasteiger partial charge on any atom is 0.236 e. The normalized spacial score (nSPS) is 29.0. The van der Waals surface area contributed by atoms with Crippen molar-refractivity contribution in [2.24, 2.45) is 4.99 Å². The molecule has 3 rings (SSSR count). The van der Waals surface area contributed by atoms with E-state index in [0.717, 1.165) is 0 Å². The van der Waals surface area contributed by atoms with E-state index >= 15 is 0 Å². The number of carbonyl (C=O) groups excluding carboxylic acids is 1. The first kappa shape index (κ1) is 10.6. The summed E-state index contributed by atoms with van der Waals surface area (Å²) in [5.41, 5.74) is 3.73. The molecule has 0 aromatic heterocycles. The Morgan fingerprint density at radius 3 is 2.94 bits per heavy atom. The molecule has 2 aliphatic rings. The van der Waals surface area contributed by atoms with E-state index in [1.54, 1.807) is 17.8 Å². The quantitative estimate of drug-likeness (QED) is 0.452. The third-order valence-corrected chi connectivity index (χ3v) is 4.53. The third-order valence-electron chi connectivity index (χ3n) is 3.18. The maximum absolute atomic E-state index is 10.4. The molecule has 1 aliphatic carbocycles.